The Bertz CT molecular complexity index is 729. The minimum atomic E-state index is -0.0772. The molecule has 6 rings (SSSR count). The first-order chi connectivity index (χ1) is 13.6. The predicted octanol–water partition coefficient (Wildman–Crippen LogP) is 5.48. The summed E-state index contributed by atoms with van der Waals surface area (Å²) in [6, 6.07) is 11.1. The first-order valence-corrected chi connectivity index (χ1v) is 12.0. The normalized spacial score (nSPS) is 40.0. The summed E-state index contributed by atoms with van der Waals surface area (Å²) in [6.45, 7) is 2.16. The van der Waals surface area contributed by atoms with Crippen molar-refractivity contribution in [2.24, 2.45) is 22.7 Å². The third-order valence-electron chi connectivity index (χ3n) is 8.72. The van der Waals surface area contributed by atoms with E-state index < -0.39 is 0 Å². The van der Waals surface area contributed by atoms with Crippen molar-refractivity contribution in [1.82, 2.24) is 5.32 Å². The summed E-state index contributed by atoms with van der Waals surface area (Å²) in [5.74, 6) is 2.63. The molecule has 5 fully saturated rings. The van der Waals surface area contributed by atoms with Gasteiger partial charge in [0.15, 0.2) is 0 Å². The second kappa shape index (κ2) is 7.13. The molecule has 0 aromatic heterocycles. The van der Waals surface area contributed by atoms with Crippen LogP contribution in [0.2, 0.25) is 0 Å². The molecule has 28 heavy (non-hydrogen) atoms. The van der Waals surface area contributed by atoms with Crippen LogP contribution in [0.1, 0.15) is 69.8 Å². The van der Waals surface area contributed by atoms with Crippen molar-refractivity contribution in [1.29, 1.82) is 0 Å². The summed E-state index contributed by atoms with van der Waals surface area (Å²) in [7, 11) is 0. The number of carbonyl (C=O) groups excluding carboxylic acids is 1. The number of rotatable bonds is 6. The van der Waals surface area contributed by atoms with Gasteiger partial charge in [0.25, 0.3) is 0 Å². The fourth-order valence-electron chi connectivity index (χ4n) is 8.11. The van der Waals surface area contributed by atoms with Crippen LogP contribution >= 0.6 is 11.6 Å². The molecule has 1 saturated heterocycles. The Morgan fingerprint density at radius 1 is 1.04 bits per heavy atom. The highest BCUT2D eigenvalue weighted by molar-refractivity contribution is 6.17. The Labute approximate surface area is 174 Å². The maximum Gasteiger partial charge on any atom is 0.139 e. The third-order valence-corrected chi connectivity index (χ3v) is 8.91. The van der Waals surface area contributed by atoms with Gasteiger partial charge < -0.3 is 5.32 Å². The van der Waals surface area contributed by atoms with E-state index >= 15 is 0 Å². The lowest BCUT2D eigenvalue weighted by atomic mass is 9.37. The molecule has 3 heteroatoms. The lowest BCUT2D eigenvalue weighted by molar-refractivity contribution is -0.162. The summed E-state index contributed by atoms with van der Waals surface area (Å²) in [5, 5.41) is 3.45. The Morgan fingerprint density at radius 3 is 2.57 bits per heavy atom. The van der Waals surface area contributed by atoms with E-state index in [2.05, 4.69) is 35.6 Å². The van der Waals surface area contributed by atoms with Crippen LogP contribution in [-0.4, -0.2) is 24.8 Å². The largest absolute Gasteiger partial charge is 0.317 e. The van der Waals surface area contributed by atoms with Gasteiger partial charge >= 0.3 is 0 Å². The average Bonchev–Trinajstić information content (AvgIpc) is 2.68. The van der Waals surface area contributed by atoms with E-state index in [9.17, 15) is 4.79 Å². The van der Waals surface area contributed by atoms with Crippen molar-refractivity contribution in [2.45, 2.75) is 69.6 Å². The number of benzene rings is 1. The quantitative estimate of drug-likeness (QED) is 0.641. The summed E-state index contributed by atoms with van der Waals surface area (Å²) >= 11 is 6.32. The van der Waals surface area contributed by atoms with Gasteiger partial charge in [-0.15, -0.1) is 11.6 Å². The van der Waals surface area contributed by atoms with Crippen LogP contribution in [0, 0.1) is 22.7 Å². The fraction of sp³-hybridized carbons (Fsp3) is 0.720. The van der Waals surface area contributed by atoms with Gasteiger partial charge in [-0.2, -0.15) is 0 Å². The molecule has 1 aromatic rings. The van der Waals surface area contributed by atoms with Crippen LogP contribution in [0.4, 0.5) is 0 Å². The molecule has 1 heterocycles. The van der Waals surface area contributed by atoms with Crippen molar-refractivity contribution in [3.63, 3.8) is 0 Å². The van der Waals surface area contributed by atoms with Crippen molar-refractivity contribution >= 4 is 17.4 Å². The highest BCUT2D eigenvalue weighted by atomic mass is 35.5. The molecule has 5 aliphatic rings. The molecule has 152 valence electrons. The molecule has 2 nitrogen and oxygen atoms in total. The minimum absolute atomic E-state index is 0.0772. The van der Waals surface area contributed by atoms with E-state index in [1.165, 1.54) is 37.7 Å². The molecule has 1 aromatic carbocycles. The second-order valence-electron chi connectivity index (χ2n) is 10.7. The zero-order valence-corrected chi connectivity index (χ0v) is 17.8. The molecule has 0 spiro atoms. The van der Waals surface area contributed by atoms with Gasteiger partial charge in [0.05, 0.1) is 0 Å². The van der Waals surface area contributed by atoms with Gasteiger partial charge in [-0.25, -0.2) is 0 Å². The monoisotopic (exact) mass is 399 g/mol. The molecule has 1 N–H and O–H groups in total. The van der Waals surface area contributed by atoms with Gasteiger partial charge in [0.1, 0.15) is 5.78 Å². The molecular weight excluding hydrogens is 366 g/mol. The lowest BCUT2D eigenvalue weighted by Crippen LogP contribution is -2.61. The lowest BCUT2D eigenvalue weighted by Gasteiger charge is -2.66. The second-order valence-corrected chi connectivity index (χ2v) is 11.1. The van der Waals surface area contributed by atoms with Crippen LogP contribution in [0.5, 0.6) is 0 Å². The van der Waals surface area contributed by atoms with Gasteiger partial charge in [-0.3, -0.25) is 4.79 Å². The van der Waals surface area contributed by atoms with E-state index in [-0.39, 0.29) is 10.8 Å². The average molecular weight is 400 g/mol. The number of hydrogen-bond donors (Lipinski definition) is 1. The van der Waals surface area contributed by atoms with Gasteiger partial charge in [-0.05, 0) is 99.1 Å². The number of piperidine rings is 1. The maximum absolute atomic E-state index is 13.8. The fourth-order valence-corrected chi connectivity index (χ4v) is 8.51. The topological polar surface area (TPSA) is 29.1 Å². The van der Waals surface area contributed by atoms with Gasteiger partial charge in [0.2, 0.25) is 0 Å². The molecule has 4 bridgehead atoms. The van der Waals surface area contributed by atoms with E-state index in [4.69, 9.17) is 11.6 Å². The van der Waals surface area contributed by atoms with Crippen molar-refractivity contribution in [3.05, 3.63) is 35.9 Å². The molecule has 0 radical (unpaired) electrons. The Balaban J connectivity index is 1.49. The van der Waals surface area contributed by atoms with E-state index in [0.29, 0.717) is 23.0 Å². The zero-order valence-electron chi connectivity index (χ0n) is 17.0. The first-order valence-electron chi connectivity index (χ1n) is 11.4. The number of hydrogen-bond acceptors (Lipinski definition) is 2. The van der Waals surface area contributed by atoms with Crippen LogP contribution < -0.4 is 5.32 Å². The first kappa shape index (κ1) is 19.1. The number of nitrogens with one attached hydrogen (secondary N) is 1. The molecule has 4 atom stereocenters. The van der Waals surface area contributed by atoms with E-state index in [0.717, 1.165) is 51.1 Å². The summed E-state index contributed by atoms with van der Waals surface area (Å²) < 4.78 is 0. The van der Waals surface area contributed by atoms with Crippen molar-refractivity contribution in [2.75, 3.05) is 19.0 Å². The third kappa shape index (κ3) is 3.16. The Morgan fingerprint density at radius 2 is 1.82 bits per heavy atom. The maximum atomic E-state index is 13.8. The van der Waals surface area contributed by atoms with Crippen LogP contribution in [0.15, 0.2) is 30.3 Å². The van der Waals surface area contributed by atoms with Gasteiger partial charge in [-0.1, -0.05) is 30.3 Å². The van der Waals surface area contributed by atoms with Crippen LogP contribution in [0.3, 0.4) is 0 Å². The molecule has 0 amide bonds. The van der Waals surface area contributed by atoms with E-state index in [1.54, 1.807) is 0 Å². The minimum Gasteiger partial charge on any atom is -0.317 e. The van der Waals surface area contributed by atoms with Crippen LogP contribution in [-0.2, 0) is 10.2 Å². The Kier molecular flexibility index (Phi) is 4.87. The molecule has 2 unspecified atom stereocenters. The summed E-state index contributed by atoms with van der Waals surface area (Å²) in [6.07, 6.45) is 11.4. The number of Topliss-reactive ketones (excluding diaryl/α,β-unsaturated/α-hetero) is 1. The number of alkyl halides is 1. The highest BCUT2D eigenvalue weighted by Gasteiger charge is 2.65. The highest BCUT2D eigenvalue weighted by Crippen LogP contribution is 2.71. The van der Waals surface area contributed by atoms with Crippen molar-refractivity contribution < 1.29 is 4.79 Å². The number of halogens is 1. The number of carbonyl (C=O) groups is 1. The predicted molar refractivity (Wildman–Crippen MR) is 115 cm³/mol. The van der Waals surface area contributed by atoms with E-state index in [1.807, 2.05) is 0 Å². The van der Waals surface area contributed by atoms with Crippen molar-refractivity contribution in [3.8, 4) is 0 Å². The molecular formula is C25H34ClNO. The van der Waals surface area contributed by atoms with Gasteiger partial charge in [0, 0.05) is 17.7 Å². The number of ketones is 1. The standard InChI is InChI=1S/C25H34ClNO/c26-9-8-23-13-20-14-24(16-23,21-4-2-1-3-5-21)18-25(15-20,17-23)22(28)12-19-6-10-27-11-7-19/h1-5,19-20,27H,6-18H2/t20?,23-,24-,25?/m1/s1. The summed E-state index contributed by atoms with van der Waals surface area (Å²) in [4.78, 5) is 13.8. The molecule has 1 aliphatic heterocycles. The SMILES string of the molecule is O=C(CC1CCNCC1)C12CC3C[C@@](CCCl)(C1)C[C@](c1ccccc1)(C3)C2. The zero-order chi connectivity index (χ0) is 19.2. The van der Waals surface area contributed by atoms with Crippen LogP contribution in [0.25, 0.3) is 0 Å². The summed E-state index contributed by atoms with van der Waals surface area (Å²) in [5.41, 5.74) is 1.90. The molecule has 4 aliphatic carbocycles. The molecule has 4 saturated carbocycles. The smallest absolute Gasteiger partial charge is 0.139 e. The Hall–Kier alpha value is -0.860.